The van der Waals surface area contributed by atoms with Crippen molar-refractivity contribution in [3.05, 3.63) is 48.0 Å². The predicted octanol–water partition coefficient (Wildman–Crippen LogP) is 3.47. The Morgan fingerprint density at radius 3 is 2.75 bits per heavy atom. The Kier molecular flexibility index (Phi) is 4.28. The smallest absolute Gasteiger partial charge is 0.236 e. The normalized spacial score (nSPS) is 21.3. The van der Waals surface area contributed by atoms with Crippen molar-refractivity contribution in [2.75, 3.05) is 20.1 Å². The van der Waals surface area contributed by atoms with Gasteiger partial charge >= 0.3 is 0 Å². The van der Waals surface area contributed by atoms with Crippen molar-refractivity contribution in [3.63, 3.8) is 0 Å². The number of likely N-dealkylation sites (tertiary alicyclic amines) is 1. The Bertz CT molecular complexity index is 732. The molecule has 126 valence electrons. The van der Waals surface area contributed by atoms with Crippen molar-refractivity contribution in [3.8, 4) is 0 Å². The van der Waals surface area contributed by atoms with E-state index in [1.54, 1.807) is 0 Å². The Morgan fingerprint density at radius 1 is 1.12 bits per heavy atom. The Balaban J connectivity index is 1.47. The molecule has 4 rings (SSSR count). The highest BCUT2D eigenvalue weighted by Crippen LogP contribution is 2.28. The van der Waals surface area contributed by atoms with Crippen LogP contribution in [0.15, 0.2) is 42.5 Å². The van der Waals surface area contributed by atoms with Crippen LogP contribution in [0.3, 0.4) is 0 Å². The average molecular weight is 322 g/mol. The zero-order valence-electron chi connectivity index (χ0n) is 14.4. The summed E-state index contributed by atoms with van der Waals surface area (Å²) in [6.07, 6.45) is 5.81. The summed E-state index contributed by atoms with van der Waals surface area (Å²) in [6, 6.07) is 16.2. The first-order valence-electron chi connectivity index (χ1n) is 9.19. The molecule has 0 spiro atoms. The summed E-state index contributed by atoms with van der Waals surface area (Å²) >= 11 is 0. The van der Waals surface area contributed by atoms with E-state index >= 15 is 0 Å². The summed E-state index contributed by atoms with van der Waals surface area (Å²) in [4.78, 5) is 16.8. The number of benzene rings is 2. The van der Waals surface area contributed by atoms with Crippen molar-refractivity contribution >= 4 is 16.7 Å². The maximum atomic E-state index is 12.5. The fourth-order valence-electron chi connectivity index (χ4n) is 4.01. The van der Waals surface area contributed by atoms with E-state index in [1.165, 1.54) is 42.0 Å². The second-order valence-corrected chi connectivity index (χ2v) is 7.34. The first kappa shape index (κ1) is 15.6. The number of likely N-dealkylation sites (N-methyl/N-ethyl adjacent to an activating group) is 1. The van der Waals surface area contributed by atoms with Gasteiger partial charge in [0.1, 0.15) is 0 Å². The minimum Gasteiger partial charge on any atom is -0.342 e. The molecule has 1 amide bonds. The van der Waals surface area contributed by atoms with Crippen LogP contribution < -0.4 is 0 Å². The number of amides is 1. The SMILES string of the molecule is CN(C(=O)CN1CCCC1Cc1cccc2ccccc12)C1CC1. The minimum absolute atomic E-state index is 0.294. The third-order valence-corrected chi connectivity index (χ3v) is 5.66. The van der Waals surface area contributed by atoms with Gasteiger partial charge in [0.05, 0.1) is 6.54 Å². The molecule has 2 aromatic rings. The van der Waals surface area contributed by atoms with Crippen molar-refractivity contribution in [2.45, 2.75) is 44.2 Å². The van der Waals surface area contributed by atoms with Crippen LogP contribution in [0.2, 0.25) is 0 Å². The number of hydrogen-bond donors (Lipinski definition) is 0. The molecule has 3 nitrogen and oxygen atoms in total. The lowest BCUT2D eigenvalue weighted by atomic mass is 9.97. The molecule has 1 unspecified atom stereocenters. The van der Waals surface area contributed by atoms with E-state index in [2.05, 4.69) is 47.4 Å². The van der Waals surface area contributed by atoms with Crippen molar-refractivity contribution in [1.82, 2.24) is 9.80 Å². The zero-order chi connectivity index (χ0) is 16.5. The van der Waals surface area contributed by atoms with E-state index in [0.29, 0.717) is 24.5 Å². The topological polar surface area (TPSA) is 23.6 Å². The molecule has 0 bridgehead atoms. The van der Waals surface area contributed by atoms with E-state index in [9.17, 15) is 4.79 Å². The van der Waals surface area contributed by atoms with Crippen LogP contribution >= 0.6 is 0 Å². The van der Waals surface area contributed by atoms with Gasteiger partial charge in [-0.15, -0.1) is 0 Å². The fraction of sp³-hybridized carbons (Fsp3) is 0.476. The van der Waals surface area contributed by atoms with Crippen LogP contribution in [0.4, 0.5) is 0 Å². The molecule has 0 aromatic heterocycles. The monoisotopic (exact) mass is 322 g/mol. The van der Waals surface area contributed by atoms with Crippen LogP contribution in [0.1, 0.15) is 31.2 Å². The highest BCUT2D eigenvalue weighted by atomic mass is 16.2. The molecule has 1 saturated carbocycles. The van der Waals surface area contributed by atoms with Crippen molar-refractivity contribution in [2.24, 2.45) is 0 Å². The third kappa shape index (κ3) is 3.18. The average Bonchev–Trinajstić information content (AvgIpc) is 3.37. The van der Waals surface area contributed by atoms with E-state index in [0.717, 1.165) is 13.0 Å². The van der Waals surface area contributed by atoms with Gasteiger partial charge in [0.15, 0.2) is 0 Å². The van der Waals surface area contributed by atoms with E-state index < -0.39 is 0 Å². The van der Waals surface area contributed by atoms with Crippen LogP contribution in [0, 0.1) is 0 Å². The van der Waals surface area contributed by atoms with Crippen LogP contribution in [0.5, 0.6) is 0 Å². The van der Waals surface area contributed by atoms with Crippen molar-refractivity contribution in [1.29, 1.82) is 0 Å². The largest absolute Gasteiger partial charge is 0.342 e. The molecule has 1 saturated heterocycles. The van der Waals surface area contributed by atoms with Gasteiger partial charge in [-0.05, 0) is 55.0 Å². The molecule has 1 heterocycles. The Labute approximate surface area is 144 Å². The zero-order valence-corrected chi connectivity index (χ0v) is 14.4. The molecule has 0 N–H and O–H groups in total. The number of nitrogens with zero attached hydrogens (tertiary/aromatic N) is 2. The summed E-state index contributed by atoms with van der Waals surface area (Å²) in [7, 11) is 1.97. The number of fused-ring (bicyclic) bond motifs is 1. The van der Waals surface area contributed by atoms with Gasteiger partial charge < -0.3 is 4.90 Å². The molecule has 1 atom stereocenters. The number of carbonyl (C=O) groups excluding carboxylic acids is 1. The Morgan fingerprint density at radius 2 is 1.92 bits per heavy atom. The lowest BCUT2D eigenvalue weighted by Gasteiger charge is -2.27. The summed E-state index contributed by atoms with van der Waals surface area (Å²) in [6.45, 7) is 1.64. The van der Waals surface area contributed by atoms with Crippen LogP contribution in [-0.4, -0.2) is 47.9 Å². The lowest BCUT2D eigenvalue weighted by molar-refractivity contribution is -0.131. The maximum absolute atomic E-state index is 12.5. The quantitative estimate of drug-likeness (QED) is 0.841. The summed E-state index contributed by atoms with van der Waals surface area (Å²) in [5, 5.41) is 2.66. The van der Waals surface area contributed by atoms with Crippen molar-refractivity contribution < 1.29 is 4.79 Å². The number of carbonyl (C=O) groups is 1. The molecule has 2 fully saturated rings. The first-order chi connectivity index (χ1) is 11.7. The second-order valence-electron chi connectivity index (χ2n) is 7.34. The third-order valence-electron chi connectivity index (χ3n) is 5.66. The van der Waals surface area contributed by atoms with Crippen LogP contribution in [-0.2, 0) is 11.2 Å². The molecular weight excluding hydrogens is 296 g/mol. The molecule has 2 aromatic carbocycles. The van der Waals surface area contributed by atoms with E-state index in [4.69, 9.17) is 0 Å². The predicted molar refractivity (Wildman–Crippen MR) is 98.0 cm³/mol. The molecule has 1 aliphatic carbocycles. The lowest BCUT2D eigenvalue weighted by Crippen LogP contribution is -2.42. The second kappa shape index (κ2) is 6.56. The highest BCUT2D eigenvalue weighted by molar-refractivity contribution is 5.85. The summed E-state index contributed by atoms with van der Waals surface area (Å²) in [5.41, 5.74) is 1.41. The van der Waals surface area contributed by atoms with Gasteiger partial charge in [-0.2, -0.15) is 0 Å². The Hall–Kier alpha value is -1.87. The van der Waals surface area contributed by atoms with E-state index in [1.807, 2.05) is 11.9 Å². The minimum atomic E-state index is 0.294. The summed E-state index contributed by atoms with van der Waals surface area (Å²) < 4.78 is 0. The van der Waals surface area contributed by atoms with Gasteiger partial charge in [-0.25, -0.2) is 0 Å². The fourth-order valence-corrected chi connectivity index (χ4v) is 4.01. The van der Waals surface area contributed by atoms with Gasteiger partial charge in [-0.1, -0.05) is 42.5 Å². The van der Waals surface area contributed by atoms with Gasteiger partial charge in [0.25, 0.3) is 0 Å². The standard InChI is InChI=1S/C21H26N2O/c1-22(18-11-12-18)21(24)15-23-13-5-9-19(23)14-17-8-4-7-16-6-2-3-10-20(16)17/h2-4,6-8,10,18-19H,5,9,11-15H2,1H3. The molecular formula is C21H26N2O. The van der Waals surface area contributed by atoms with Crippen LogP contribution in [0.25, 0.3) is 10.8 Å². The molecule has 2 aliphatic rings. The van der Waals surface area contributed by atoms with E-state index in [-0.39, 0.29) is 0 Å². The van der Waals surface area contributed by atoms with Gasteiger partial charge in [0, 0.05) is 19.1 Å². The molecule has 3 heteroatoms. The highest BCUT2D eigenvalue weighted by Gasteiger charge is 2.32. The van der Waals surface area contributed by atoms with Gasteiger partial charge in [0.2, 0.25) is 5.91 Å². The molecule has 24 heavy (non-hydrogen) atoms. The molecule has 0 radical (unpaired) electrons. The summed E-state index contributed by atoms with van der Waals surface area (Å²) in [5.74, 6) is 0.294. The van der Waals surface area contributed by atoms with Gasteiger partial charge in [-0.3, -0.25) is 9.69 Å². The maximum Gasteiger partial charge on any atom is 0.236 e. The molecule has 1 aliphatic heterocycles. The number of rotatable bonds is 5. The first-order valence-corrected chi connectivity index (χ1v) is 9.19. The number of hydrogen-bond acceptors (Lipinski definition) is 2.